The van der Waals surface area contributed by atoms with Gasteiger partial charge in [0.2, 0.25) is 0 Å². The van der Waals surface area contributed by atoms with Gasteiger partial charge in [0.25, 0.3) is 0 Å². The molecule has 160 valence electrons. The number of fused-ring (bicyclic) bond motifs is 1. The first kappa shape index (κ1) is 22.2. The van der Waals surface area contributed by atoms with E-state index < -0.39 is 5.60 Å². The summed E-state index contributed by atoms with van der Waals surface area (Å²) in [5.41, 5.74) is 2.48. The monoisotopic (exact) mass is 429 g/mol. The van der Waals surface area contributed by atoms with E-state index in [1.165, 1.54) is 0 Å². The van der Waals surface area contributed by atoms with Gasteiger partial charge in [-0.05, 0) is 69.9 Å². The number of benzene rings is 2. The predicted octanol–water partition coefficient (Wildman–Crippen LogP) is 5.99. The molecule has 0 radical (unpaired) electrons. The molecular weight excluding hydrogens is 402 g/mol. The third kappa shape index (κ3) is 5.55. The molecule has 3 aromatic rings. The van der Waals surface area contributed by atoms with Crippen molar-refractivity contribution >= 4 is 28.5 Å². The van der Waals surface area contributed by atoms with Crippen molar-refractivity contribution in [2.45, 2.75) is 45.6 Å². The highest BCUT2D eigenvalue weighted by molar-refractivity contribution is 6.34. The minimum absolute atomic E-state index is 0.219. The Bertz CT molecular complexity index is 1000. The molecule has 30 heavy (non-hydrogen) atoms. The van der Waals surface area contributed by atoms with Gasteiger partial charge in [0.15, 0.2) is 0 Å². The van der Waals surface area contributed by atoms with Crippen LogP contribution in [0.4, 0.5) is 0 Å². The molecule has 2 aromatic carbocycles. The van der Waals surface area contributed by atoms with Crippen LogP contribution in [0.3, 0.4) is 0 Å². The average Bonchev–Trinajstić information content (AvgIpc) is 3.09. The van der Waals surface area contributed by atoms with Crippen LogP contribution in [0.15, 0.2) is 42.6 Å². The molecule has 3 rings (SSSR count). The van der Waals surface area contributed by atoms with Gasteiger partial charge >= 0.3 is 5.97 Å². The van der Waals surface area contributed by atoms with Crippen molar-refractivity contribution in [3.63, 3.8) is 0 Å². The molecule has 0 unspecified atom stereocenters. The van der Waals surface area contributed by atoms with Crippen LogP contribution >= 0.6 is 11.6 Å². The van der Waals surface area contributed by atoms with Crippen LogP contribution in [0, 0.1) is 0 Å². The summed E-state index contributed by atoms with van der Waals surface area (Å²) in [6.07, 6.45) is 4.31. The van der Waals surface area contributed by atoms with Crippen molar-refractivity contribution in [3.8, 4) is 16.9 Å². The zero-order valence-corrected chi connectivity index (χ0v) is 18.4. The summed E-state index contributed by atoms with van der Waals surface area (Å²) in [6.45, 7) is 6.38. The SMILES string of the molecule is CC(C)(C)OC(=O)c1c[nH]c2cc(Cl)c(-c3ccc(OCCCCCO)cc3)cc12. The van der Waals surface area contributed by atoms with E-state index in [1.54, 1.807) is 6.20 Å². The lowest BCUT2D eigenvalue weighted by molar-refractivity contribution is 0.00719. The molecule has 0 spiro atoms. The lowest BCUT2D eigenvalue weighted by Crippen LogP contribution is -2.23. The van der Waals surface area contributed by atoms with Crippen LogP contribution in [-0.4, -0.2) is 34.9 Å². The van der Waals surface area contributed by atoms with E-state index in [2.05, 4.69) is 4.98 Å². The van der Waals surface area contributed by atoms with Crippen molar-refractivity contribution in [2.24, 2.45) is 0 Å². The van der Waals surface area contributed by atoms with Crippen molar-refractivity contribution in [3.05, 3.63) is 53.2 Å². The van der Waals surface area contributed by atoms with Gasteiger partial charge < -0.3 is 19.6 Å². The molecule has 0 fully saturated rings. The summed E-state index contributed by atoms with van der Waals surface area (Å²) < 4.78 is 11.3. The molecule has 0 aliphatic carbocycles. The molecule has 0 saturated heterocycles. The first-order valence-electron chi connectivity index (χ1n) is 10.2. The minimum atomic E-state index is -0.566. The number of aromatic amines is 1. The number of unbranched alkanes of at least 4 members (excludes halogenated alkanes) is 2. The predicted molar refractivity (Wildman–Crippen MR) is 120 cm³/mol. The summed E-state index contributed by atoms with van der Waals surface area (Å²) in [4.78, 5) is 15.7. The van der Waals surface area contributed by atoms with Crippen molar-refractivity contribution < 1.29 is 19.4 Å². The highest BCUT2D eigenvalue weighted by Crippen LogP contribution is 2.34. The van der Waals surface area contributed by atoms with E-state index in [0.717, 1.165) is 47.0 Å². The van der Waals surface area contributed by atoms with Crippen LogP contribution in [0.25, 0.3) is 22.0 Å². The Morgan fingerprint density at radius 1 is 1.10 bits per heavy atom. The molecule has 1 aromatic heterocycles. The topological polar surface area (TPSA) is 71.6 Å². The summed E-state index contributed by atoms with van der Waals surface area (Å²) in [5, 5.41) is 10.2. The molecule has 0 atom stereocenters. The van der Waals surface area contributed by atoms with Crippen molar-refractivity contribution in [1.29, 1.82) is 0 Å². The molecule has 0 saturated carbocycles. The summed E-state index contributed by atoms with van der Waals surface area (Å²) in [7, 11) is 0. The summed E-state index contributed by atoms with van der Waals surface area (Å²) >= 11 is 6.52. The van der Waals surface area contributed by atoms with Crippen molar-refractivity contribution in [1.82, 2.24) is 4.98 Å². The third-order valence-electron chi connectivity index (χ3n) is 4.62. The van der Waals surface area contributed by atoms with Crippen LogP contribution in [0.1, 0.15) is 50.4 Å². The van der Waals surface area contributed by atoms with Gasteiger partial charge in [0, 0.05) is 29.3 Å². The number of esters is 1. The number of halogens is 1. The zero-order chi connectivity index (χ0) is 21.7. The van der Waals surface area contributed by atoms with Gasteiger partial charge in [-0.3, -0.25) is 0 Å². The number of aromatic nitrogens is 1. The van der Waals surface area contributed by atoms with E-state index in [9.17, 15) is 4.79 Å². The first-order valence-corrected chi connectivity index (χ1v) is 10.5. The summed E-state index contributed by atoms with van der Waals surface area (Å²) in [6, 6.07) is 11.5. The number of aliphatic hydroxyl groups is 1. The van der Waals surface area contributed by atoms with Gasteiger partial charge in [0.1, 0.15) is 11.4 Å². The Balaban J connectivity index is 1.81. The molecule has 0 aliphatic rings. The number of ether oxygens (including phenoxy) is 2. The maximum atomic E-state index is 12.6. The molecule has 0 bridgehead atoms. The third-order valence-corrected chi connectivity index (χ3v) is 4.94. The lowest BCUT2D eigenvalue weighted by atomic mass is 10.0. The standard InChI is InChI=1S/C24H28ClNO4/c1-24(2,3)30-23(28)20-15-26-22-14-21(25)18(13-19(20)22)16-7-9-17(10-8-16)29-12-6-4-5-11-27/h7-10,13-15,26-27H,4-6,11-12H2,1-3H3. The summed E-state index contributed by atoms with van der Waals surface area (Å²) in [5.74, 6) is 0.419. The van der Waals surface area contributed by atoms with Gasteiger partial charge in [-0.15, -0.1) is 0 Å². The van der Waals surface area contributed by atoms with Crippen LogP contribution in [0.2, 0.25) is 5.02 Å². The van der Waals surface area contributed by atoms with E-state index in [0.29, 0.717) is 17.2 Å². The number of hydrogen-bond acceptors (Lipinski definition) is 4. The highest BCUT2D eigenvalue weighted by Gasteiger charge is 2.21. The number of hydrogen-bond donors (Lipinski definition) is 2. The van der Waals surface area contributed by atoms with Gasteiger partial charge in [-0.1, -0.05) is 23.7 Å². The molecule has 2 N–H and O–H groups in total. The van der Waals surface area contributed by atoms with Crippen LogP contribution < -0.4 is 4.74 Å². The minimum Gasteiger partial charge on any atom is -0.494 e. The fourth-order valence-electron chi connectivity index (χ4n) is 3.18. The Morgan fingerprint density at radius 3 is 2.50 bits per heavy atom. The molecule has 0 aliphatic heterocycles. The van der Waals surface area contributed by atoms with E-state index >= 15 is 0 Å². The number of nitrogens with one attached hydrogen (secondary N) is 1. The Labute approximate surface area is 182 Å². The molecule has 0 amide bonds. The Kier molecular flexibility index (Phi) is 7.06. The fourth-order valence-corrected chi connectivity index (χ4v) is 3.45. The van der Waals surface area contributed by atoms with E-state index in [1.807, 2.05) is 57.2 Å². The van der Waals surface area contributed by atoms with E-state index in [4.69, 9.17) is 26.2 Å². The second-order valence-corrected chi connectivity index (χ2v) is 8.65. The fraction of sp³-hybridized carbons (Fsp3) is 0.375. The number of aliphatic hydroxyl groups excluding tert-OH is 1. The maximum absolute atomic E-state index is 12.6. The first-order chi connectivity index (χ1) is 14.3. The highest BCUT2D eigenvalue weighted by atomic mass is 35.5. The van der Waals surface area contributed by atoms with Gasteiger partial charge in [-0.25, -0.2) is 4.79 Å². The molecule has 1 heterocycles. The molecule has 5 nitrogen and oxygen atoms in total. The second kappa shape index (κ2) is 9.54. The van der Waals surface area contributed by atoms with Crippen LogP contribution in [0.5, 0.6) is 5.75 Å². The number of rotatable bonds is 8. The van der Waals surface area contributed by atoms with Crippen LogP contribution in [-0.2, 0) is 4.74 Å². The zero-order valence-electron chi connectivity index (χ0n) is 17.6. The second-order valence-electron chi connectivity index (χ2n) is 8.24. The maximum Gasteiger partial charge on any atom is 0.340 e. The molecule has 6 heteroatoms. The quantitative estimate of drug-likeness (QED) is 0.341. The molecular formula is C24H28ClNO4. The Morgan fingerprint density at radius 2 is 1.83 bits per heavy atom. The lowest BCUT2D eigenvalue weighted by Gasteiger charge is -2.19. The number of carbonyl (C=O) groups is 1. The number of carbonyl (C=O) groups excluding carboxylic acids is 1. The smallest absolute Gasteiger partial charge is 0.340 e. The van der Waals surface area contributed by atoms with Gasteiger partial charge in [-0.2, -0.15) is 0 Å². The Hall–Kier alpha value is -2.50. The normalized spacial score (nSPS) is 11.6. The van der Waals surface area contributed by atoms with E-state index in [-0.39, 0.29) is 12.6 Å². The number of H-pyrrole nitrogens is 1. The average molecular weight is 430 g/mol. The van der Waals surface area contributed by atoms with Gasteiger partial charge in [0.05, 0.1) is 17.2 Å². The largest absolute Gasteiger partial charge is 0.494 e. The van der Waals surface area contributed by atoms with Crippen molar-refractivity contribution in [2.75, 3.05) is 13.2 Å².